The van der Waals surface area contributed by atoms with Gasteiger partial charge in [-0.1, -0.05) is 26.8 Å². The van der Waals surface area contributed by atoms with Crippen molar-refractivity contribution in [1.82, 2.24) is 15.0 Å². The Balaban J connectivity index is 1.73. The van der Waals surface area contributed by atoms with Gasteiger partial charge in [0.2, 0.25) is 11.8 Å². The van der Waals surface area contributed by atoms with Gasteiger partial charge in [0.1, 0.15) is 12.1 Å². The molecule has 1 amide bonds. The molecule has 1 N–H and O–H groups in total. The van der Waals surface area contributed by atoms with Gasteiger partial charge in [-0.05, 0) is 42.2 Å². The van der Waals surface area contributed by atoms with Crippen molar-refractivity contribution in [3.63, 3.8) is 0 Å². The molecule has 0 aliphatic heterocycles. The number of aromatic nitrogens is 3. The Hall–Kier alpha value is -3.28. The predicted octanol–water partition coefficient (Wildman–Crippen LogP) is 5.10. The van der Waals surface area contributed by atoms with Crippen LogP contribution in [-0.4, -0.2) is 20.9 Å². The number of hydrogen-bond acceptors (Lipinski definition) is 5. The average molecular weight is 376 g/mol. The molecule has 0 saturated carbocycles. The van der Waals surface area contributed by atoms with Gasteiger partial charge in [-0.15, -0.1) is 0 Å². The van der Waals surface area contributed by atoms with Gasteiger partial charge in [-0.3, -0.25) is 4.79 Å². The third kappa shape index (κ3) is 5.61. The fourth-order valence-electron chi connectivity index (χ4n) is 2.58. The van der Waals surface area contributed by atoms with E-state index in [4.69, 9.17) is 4.74 Å². The van der Waals surface area contributed by atoms with Crippen LogP contribution in [0.25, 0.3) is 11.3 Å². The summed E-state index contributed by atoms with van der Waals surface area (Å²) in [5, 5.41) is 2.93. The first-order valence-corrected chi connectivity index (χ1v) is 9.20. The minimum Gasteiger partial charge on any atom is -0.438 e. The highest BCUT2D eigenvalue weighted by atomic mass is 16.5. The number of anilines is 1. The third-order valence-corrected chi connectivity index (χ3v) is 4.06. The summed E-state index contributed by atoms with van der Waals surface area (Å²) in [6.45, 7) is 6.37. The van der Waals surface area contributed by atoms with Crippen LogP contribution in [0.3, 0.4) is 0 Å². The topological polar surface area (TPSA) is 77.0 Å². The molecule has 6 heteroatoms. The Labute approximate surface area is 165 Å². The van der Waals surface area contributed by atoms with Crippen LogP contribution in [0.2, 0.25) is 0 Å². The molecule has 0 atom stereocenters. The van der Waals surface area contributed by atoms with Gasteiger partial charge in [0.05, 0.1) is 11.3 Å². The first-order chi connectivity index (χ1) is 13.4. The molecular formula is C22H24N4O2. The van der Waals surface area contributed by atoms with Gasteiger partial charge >= 0.3 is 0 Å². The molecule has 6 nitrogen and oxygen atoms in total. The van der Waals surface area contributed by atoms with Crippen LogP contribution in [-0.2, 0) is 4.79 Å². The van der Waals surface area contributed by atoms with Crippen LogP contribution >= 0.6 is 0 Å². The van der Waals surface area contributed by atoms with Crippen LogP contribution < -0.4 is 10.1 Å². The smallest absolute Gasteiger partial charge is 0.228 e. The number of amides is 1. The van der Waals surface area contributed by atoms with Crippen molar-refractivity contribution < 1.29 is 9.53 Å². The van der Waals surface area contributed by atoms with E-state index in [0.717, 1.165) is 17.7 Å². The van der Waals surface area contributed by atoms with Crippen molar-refractivity contribution in [2.45, 2.75) is 33.6 Å². The monoisotopic (exact) mass is 376 g/mol. The highest BCUT2D eigenvalue weighted by Crippen LogP contribution is 2.31. The second kappa shape index (κ2) is 8.61. The zero-order valence-corrected chi connectivity index (χ0v) is 16.3. The number of carbonyl (C=O) groups is 1. The lowest BCUT2D eigenvalue weighted by molar-refractivity contribution is -0.116. The number of benzene rings is 1. The van der Waals surface area contributed by atoms with E-state index < -0.39 is 0 Å². The summed E-state index contributed by atoms with van der Waals surface area (Å²) in [6, 6.07) is 12.8. The molecule has 2 heterocycles. The number of hydrogen-bond donors (Lipinski definition) is 1. The molecule has 2 aromatic heterocycles. The number of nitrogens with zero attached hydrogens (tertiary/aromatic N) is 3. The number of pyridine rings is 1. The Bertz CT molecular complexity index is 937. The molecule has 0 bridgehead atoms. The van der Waals surface area contributed by atoms with E-state index in [0.29, 0.717) is 23.7 Å². The maximum Gasteiger partial charge on any atom is 0.228 e. The fourth-order valence-corrected chi connectivity index (χ4v) is 2.58. The molecule has 28 heavy (non-hydrogen) atoms. The standard InChI is InChI=1S/C22H24N4O2/c1-22(2,3)11-9-20(27)26-16-6-4-7-17(14-16)28-21-18(8-5-12-24-21)19-10-13-23-15-25-19/h4-8,10,12-15H,9,11H2,1-3H3,(H,26,27). The highest BCUT2D eigenvalue weighted by Gasteiger charge is 2.14. The summed E-state index contributed by atoms with van der Waals surface area (Å²) in [5.74, 6) is 1.02. The molecule has 0 spiro atoms. The second-order valence-corrected chi connectivity index (χ2v) is 7.69. The predicted molar refractivity (Wildman–Crippen MR) is 109 cm³/mol. The Morgan fingerprint density at radius 3 is 2.68 bits per heavy atom. The van der Waals surface area contributed by atoms with Crippen LogP contribution in [0.5, 0.6) is 11.6 Å². The van der Waals surface area contributed by atoms with Crippen molar-refractivity contribution >= 4 is 11.6 Å². The van der Waals surface area contributed by atoms with Gasteiger partial charge in [0.15, 0.2) is 0 Å². The van der Waals surface area contributed by atoms with Gasteiger partial charge in [0, 0.05) is 30.6 Å². The van der Waals surface area contributed by atoms with Crippen LogP contribution in [0.1, 0.15) is 33.6 Å². The van der Waals surface area contributed by atoms with Crippen molar-refractivity contribution in [3.8, 4) is 22.9 Å². The van der Waals surface area contributed by atoms with Gasteiger partial charge < -0.3 is 10.1 Å². The minimum atomic E-state index is -0.00779. The van der Waals surface area contributed by atoms with E-state index in [-0.39, 0.29) is 11.3 Å². The molecule has 0 unspecified atom stereocenters. The zero-order valence-electron chi connectivity index (χ0n) is 16.3. The highest BCUT2D eigenvalue weighted by molar-refractivity contribution is 5.90. The quantitative estimate of drug-likeness (QED) is 0.648. The molecule has 1 aromatic carbocycles. The van der Waals surface area contributed by atoms with Crippen molar-refractivity contribution in [2.75, 3.05) is 5.32 Å². The molecule has 0 radical (unpaired) electrons. The van der Waals surface area contributed by atoms with Crippen LogP contribution in [0.4, 0.5) is 5.69 Å². The lowest BCUT2D eigenvalue weighted by Gasteiger charge is -2.17. The number of carbonyl (C=O) groups excluding carboxylic acids is 1. The van der Waals surface area contributed by atoms with Crippen LogP contribution in [0, 0.1) is 5.41 Å². The summed E-state index contributed by atoms with van der Waals surface area (Å²) >= 11 is 0. The summed E-state index contributed by atoms with van der Waals surface area (Å²) in [7, 11) is 0. The first kappa shape index (κ1) is 19.5. The fraction of sp³-hybridized carbons (Fsp3) is 0.273. The minimum absolute atomic E-state index is 0.00779. The molecule has 3 aromatic rings. The second-order valence-electron chi connectivity index (χ2n) is 7.69. The van der Waals surface area contributed by atoms with E-state index >= 15 is 0 Å². The van der Waals surface area contributed by atoms with Crippen molar-refractivity contribution in [2.24, 2.45) is 5.41 Å². The maximum atomic E-state index is 12.2. The Morgan fingerprint density at radius 2 is 1.93 bits per heavy atom. The van der Waals surface area contributed by atoms with E-state index in [1.54, 1.807) is 24.5 Å². The molecule has 144 valence electrons. The maximum absolute atomic E-state index is 12.2. The Morgan fingerprint density at radius 1 is 1.07 bits per heavy atom. The summed E-state index contributed by atoms with van der Waals surface area (Å²) in [5.41, 5.74) is 2.31. The van der Waals surface area contributed by atoms with Crippen molar-refractivity contribution in [1.29, 1.82) is 0 Å². The molecule has 0 fully saturated rings. The number of ether oxygens (including phenoxy) is 1. The average Bonchev–Trinajstić information content (AvgIpc) is 2.67. The molecule has 0 aliphatic rings. The van der Waals surface area contributed by atoms with E-state index in [1.807, 2.05) is 30.3 Å². The SMILES string of the molecule is CC(C)(C)CCC(=O)Nc1cccc(Oc2ncccc2-c2ccncn2)c1. The van der Waals surface area contributed by atoms with Crippen molar-refractivity contribution in [3.05, 3.63) is 61.2 Å². The lowest BCUT2D eigenvalue weighted by Crippen LogP contribution is -2.15. The van der Waals surface area contributed by atoms with Gasteiger partial charge in [0.25, 0.3) is 0 Å². The molecule has 0 aliphatic carbocycles. The van der Waals surface area contributed by atoms with Crippen LogP contribution in [0.15, 0.2) is 61.2 Å². The molecule has 3 rings (SSSR count). The van der Waals surface area contributed by atoms with E-state index in [2.05, 4.69) is 41.0 Å². The Kier molecular flexibility index (Phi) is 5.99. The number of nitrogens with one attached hydrogen (secondary N) is 1. The summed E-state index contributed by atoms with van der Waals surface area (Å²) in [4.78, 5) is 24.7. The van der Waals surface area contributed by atoms with Gasteiger partial charge in [-0.2, -0.15) is 0 Å². The molecular weight excluding hydrogens is 352 g/mol. The lowest BCUT2D eigenvalue weighted by atomic mass is 9.90. The normalized spacial score (nSPS) is 11.1. The summed E-state index contributed by atoms with van der Waals surface area (Å²) < 4.78 is 5.98. The first-order valence-electron chi connectivity index (χ1n) is 9.20. The zero-order chi connectivity index (χ0) is 20.0. The summed E-state index contributed by atoms with van der Waals surface area (Å²) in [6.07, 6.45) is 6.13. The van der Waals surface area contributed by atoms with Gasteiger partial charge in [-0.25, -0.2) is 15.0 Å². The molecule has 0 saturated heterocycles. The van der Waals surface area contributed by atoms with E-state index in [9.17, 15) is 4.79 Å². The number of rotatable bonds is 6. The van der Waals surface area contributed by atoms with E-state index in [1.165, 1.54) is 6.33 Å². The largest absolute Gasteiger partial charge is 0.438 e. The third-order valence-electron chi connectivity index (χ3n) is 4.06.